The molecule has 0 aliphatic carbocycles. The van der Waals surface area contributed by atoms with Crippen LogP contribution in [0.1, 0.15) is 19.3 Å². The van der Waals surface area contributed by atoms with E-state index in [9.17, 15) is 38.7 Å². The number of carboxylic acid groups (broad SMARTS) is 3. The number of aliphatic carboxylic acids is 3. The topological polar surface area (TPSA) is 289 Å². The van der Waals surface area contributed by atoms with Crippen LogP contribution in [-0.4, -0.2) is 92.7 Å². The first-order chi connectivity index (χ1) is 14.3. The quantitative estimate of drug-likeness (QED) is 0.120. The van der Waals surface area contributed by atoms with Crippen molar-refractivity contribution < 1.29 is 54.0 Å². The van der Waals surface area contributed by atoms with Crippen molar-refractivity contribution in [3.05, 3.63) is 0 Å². The highest BCUT2D eigenvalue weighted by atomic mass is 16.4. The van der Waals surface area contributed by atoms with E-state index in [0.29, 0.717) is 0 Å². The second kappa shape index (κ2) is 12.7. The van der Waals surface area contributed by atoms with Crippen LogP contribution in [0.2, 0.25) is 0 Å². The summed E-state index contributed by atoms with van der Waals surface area (Å²) in [5.74, 6) is -9.42. The molecule has 16 heteroatoms. The van der Waals surface area contributed by atoms with Crippen molar-refractivity contribution in [3.8, 4) is 0 Å². The molecule has 0 aromatic heterocycles. The summed E-state index contributed by atoms with van der Waals surface area (Å²) in [5, 5.41) is 41.5. The van der Waals surface area contributed by atoms with Gasteiger partial charge >= 0.3 is 17.9 Å². The van der Waals surface area contributed by atoms with E-state index < -0.39 is 91.6 Å². The third-order valence-electron chi connectivity index (χ3n) is 3.58. The average Bonchev–Trinajstić information content (AvgIpc) is 2.62. The predicted octanol–water partition coefficient (Wildman–Crippen LogP) is -5.33. The minimum atomic E-state index is -1.92. The van der Waals surface area contributed by atoms with Crippen LogP contribution in [0.25, 0.3) is 0 Å². The van der Waals surface area contributed by atoms with Crippen molar-refractivity contribution in [3.63, 3.8) is 0 Å². The Bertz CT molecular complexity index is 741. The number of nitrogens with one attached hydrogen (secondary N) is 3. The maximum atomic E-state index is 12.2. The number of rotatable bonds is 14. The molecule has 11 N–H and O–H groups in total. The van der Waals surface area contributed by atoms with Crippen molar-refractivity contribution in [2.24, 2.45) is 11.5 Å². The van der Waals surface area contributed by atoms with Crippen LogP contribution in [0.4, 0.5) is 0 Å². The minimum absolute atomic E-state index is 0.574. The molecular formula is C15H23N5O11. The largest absolute Gasteiger partial charge is 0.481 e. The van der Waals surface area contributed by atoms with E-state index in [4.69, 9.17) is 26.8 Å². The second-order valence-corrected chi connectivity index (χ2v) is 6.18. The fourth-order valence-electron chi connectivity index (χ4n) is 2.09. The zero-order chi connectivity index (χ0) is 24.3. The second-order valence-electron chi connectivity index (χ2n) is 6.18. The molecule has 4 unspecified atom stereocenters. The maximum absolute atomic E-state index is 12.2. The number of hydrogen-bond acceptors (Lipinski definition) is 9. The summed E-state index contributed by atoms with van der Waals surface area (Å²) in [6, 6.07) is -6.97. The van der Waals surface area contributed by atoms with Crippen LogP contribution in [-0.2, 0) is 33.6 Å². The molecule has 0 fully saturated rings. The summed E-state index contributed by atoms with van der Waals surface area (Å²) in [6.45, 7) is -1.01. The first kappa shape index (κ1) is 27.2. The van der Waals surface area contributed by atoms with E-state index in [0.717, 1.165) is 0 Å². The summed E-state index contributed by atoms with van der Waals surface area (Å²) < 4.78 is 0. The van der Waals surface area contributed by atoms with E-state index >= 15 is 0 Å². The number of nitrogens with two attached hydrogens (primary N) is 2. The fraction of sp³-hybridized carbons (Fsp3) is 0.533. The Hall–Kier alpha value is -3.79. The van der Waals surface area contributed by atoms with Gasteiger partial charge in [0.2, 0.25) is 23.6 Å². The van der Waals surface area contributed by atoms with Gasteiger partial charge in [-0.15, -0.1) is 0 Å². The van der Waals surface area contributed by atoms with Gasteiger partial charge in [0.25, 0.3) is 0 Å². The smallest absolute Gasteiger partial charge is 0.326 e. The molecule has 31 heavy (non-hydrogen) atoms. The highest BCUT2D eigenvalue weighted by Gasteiger charge is 2.32. The number of aliphatic hydroxyl groups is 1. The number of amides is 4. The van der Waals surface area contributed by atoms with Crippen molar-refractivity contribution in [2.75, 3.05) is 6.61 Å². The van der Waals surface area contributed by atoms with Gasteiger partial charge in [-0.25, -0.2) is 4.79 Å². The molecule has 0 aromatic carbocycles. The van der Waals surface area contributed by atoms with E-state index in [2.05, 4.69) is 0 Å². The van der Waals surface area contributed by atoms with Gasteiger partial charge in [-0.3, -0.25) is 28.8 Å². The zero-order valence-corrected chi connectivity index (χ0v) is 15.9. The number of carbonyl (C=O) groups is 7. The number of primary amides is 1. The highest BCUT2D eigenvalue weighted by Crippen LogP contribution is 2.00. The van der Waals surface area contributed by atoms with Crippen molar-refractivity contribution in [1.29, 1.82) is 0 Å². The van der Waals surface area contributed by atoms with Gasteiger partial charge in [0.05, 0.1) is 31.9 Å². The summed E-state index contributed by atoms with van der Waals surface area (Å²) in [5.41, 5.74) is 10.3. The Morgan fingerprint density at radius 1 is 0.677 bits per heavy atom. The van der Waals surface area contributed by atoms with E-state index in [-0.39, 0.29) is 0 Å². The summed E-state index contributed by atoms with van der Waals surface area (Å²) in [4.78, 5) is 79.8. The summed E-state index contributed by atoms with van der Waals surface area (Å²) >= 11 is 0. The van der Waals surface area contributed by atoms with Crippen molar-refractivity contribution in [1.82, 2.24) is 16.0 Å². The van der Waals surface area contributed by atoms with Gasteiger partial charge in [0.15, 0.2) is 0 Å². The van der Waals surface area contributed by atoms with Gasteiger partial charge in [0.1, 0.15) is 18.1 Å². The summed E-state index contributed by atoms with van der Waals surface area (Å²) in [7, 11) is 0. The normalized spacial score (nSPS) is 14.3. The molecule has 4 atom stereocenters. The van der Waals surface area contributed by atoms with Crippen LogP contribution < -0.4 is 27.4 Å². The lowest BCUT2D eigenvalue weighted by Gasteiger charge is -2.23. The van der Waals surface area contributed by atoms with Crippen molar-refractivity contribution >= 4 is 41.5 Å². The Morgan fingerprint density at radius 2 is 1.10 bits per heavy atom. The molecule has 0 saturated carbocycles. The number of carbonyl (C=O) groups excluding carboxylic acids is 4. The standard InChI is InChI=1S/C15H23N5O11/c16-5(1-9(17)22)12(27)20-8(4-21)14(29)18-6(2-10(23)24)13(28)19-7(15(30)31)3-11(25)26/h5-8,21H,1-4,16H2,(H2,17,22)(H,18,29)(H,19,28)(H,20,27)(H,23,24)(H,25,26)(H,30,31). The summed E-state index contributed by atoms with van der Waals surface area (Å²) in [6.07, 6.45) is -2.64. The predicted molar refractivity (Wildman–Crippen MR) is 96.8 cm³/mol. The lowest BCUT2D eigenvalue weighted by atomic mass is 10.1. The fourth-order valence-corrected chi connectivity index (χ4v) is 2.09. The molecule has 0 heterocycles. The third-order valence-corrected chi connectivity index (χ3v) is 3.58. The number of aliphatic hydroxyl groups excluding tert-OH is 1. The molecule has 0 aliphatic heterocycles. The first-order valence-corrected chi connectivity index (χ1v) is 8.50. The van der Waals surface area contributed by atoms with Crippen LogP contribution in [0, 0.1) is 0 Å². The minimum Gasteiger partial charge on any atom is -0.481 e. The molecule has 0 rings (SSSR count). The zero-order valence-electron chi connectivity index (χ0n) is 15.9. The Kier molecular flexibility index (Phi) is 11.2. The molecule has 0 spiro atoms. The van der Waals surface area contributed by atoms with E-state index in [1.807, 2.05) is 10.6 Å². The van der Waals surface area contributed by atoms with E-state index in [1.54, 1.807) is 5.32 Å². The van der Waals surface area contributed by atoms with Gasteiger partial charge in [-0.2, -0.15) is 0 Å². The highest BCUT2D eigenvalue weighted by molar-refractivity contribution is 5.96. The van der Waals surface area contributed by atoms with E-state index in [1.165, 1.54) is 0 Å². The van der Waals surface area contributed by atoms with Gasteiger partial charge in [-0.1, -0.05) is 0 Å². The van der Waals surface area contributed by atoms with Crippen LogP contribution in [0.5, 0.6) is 0 Å². The molecule has 0 aliphatic rings. The lowest BCUT2D eigenvalue weighted by Crippen LogP contribution is -2.58. The Labute approximate surface area is 173 Å². The molecule has 4 amide bonds. The van der Waals surface area contributed by atoms with Crippen LogP contribution >= 0.6 is 0 Å². The molecule has 0 saturated heterocycles. The molecular weight excluding hydrogens is 426 g/mol. The SMILES string of the molecule is NC(=O)CC(N)C(=O)NC(CO)C(=O)NC(CC(=O)O)C(=O)NC(CC(=O)O)C(=O)O. The van der Waals surface area contributed by atoms with Gasteiger partial charge in [0, 0.05) is 0 Å². The third kappa shape index (κ3) is 10.5. The molecule has 0 bridgehead atoms. The molecule has 16 nitrogen and oxygen atoms in total. The molecule has 174 valence electrons. The van der Waals surface area contributed by atoms with Crippen LogP contribution in [0.15, 0.2) is 0 Å². The van der Waals surface area contributed by atoms with Gasteiger partial charge in [-0.05, 0) is 0 Å². The Morgan fingerprint density at radius 3 is 1.52 bits per heavy atom. The average molecular weight is 449 g/mol. The van der Waals surface area contributed by atoms with Crippen LogP contribution in [0.3, 0.4) is 0 Å². The lowest BCUT2D eigenvalue weighted by molar-refractivity contribution is -0.148. The van der Waals surface area contributed by atoms with Crippen molar-refractivity contribution in [2.45, 2.75) is 43.4 Å². The maximum Gasteiger partial charge on any atom is 0.326 e. The molecule has 0 radical (unpaired) electrons. The molecule has 0 aromatic rings. The van der Waals surface area contributed by atoms with Gasteiger partial charge < -0.3 is 47.8 Å². The number of carboxylic acids is 3. The monoisotopic (exact) mass is 449 g/mol. The first-order valence-electron chi connectivity index (χ1n) is 8.50. The Balaban J connectivity index is 5.32. The number of hydrogen-bond donors (Lipinski definition) is 9.